The average Bonchev–Trinajstić information content (AvgIpc) is 2.35. The van der Waals surface area contributed by atoms with Gasteiger partial charge in [-0.05, 0) is 24.6 Å². The van der Waals surface area contributed by atoms with Gasteiger partial charge in [0.05, 0.1) is 5.75 Å². The molecule has 2 N–H and O–H groups in total. The molecule has 0 bridgehead atoms. The molecule has 0 spiro atoms. The Labute approximate surface area is 136 Å². The molecule has 1 amide bonds. The molecule has 7 nitrogen and oxygen atoms in total. The van der Waals surface area contributed by atoms with Crippen molar-refractivity contribution in [3.8, 4) is 0 Å². The summed E-state index contributed by atoms with van der Waals surface area (Å²) in [4.78, 5) is 11.5. The minimum atomic E-state index is -6.04. The molecule has 134 valence electrons. The van der Waals surface area contributed by atoms with E-state index in [1.54, 1.807) is 0 Å². The molecule has 0 aliphatic rings. The van der Waals surface area contributed by atoms with Crippen LogP contribution in [0.15, 0.2) is 36.4 Å². The third kappa shape index (κ3) is 5.62. The first-order valence-corrected chi connectivity index (χ1v) is 9.25. The van der Waals surface area contributed by atoms with Crippen LogP contribution in [0.4, 0.5) is 18.9 Å². The lowest BCUT2D eigenvalue weighted by Gasteiger charge is -2.11. The van der Waals surface area contributed by atoms with Gasteiger partial charge in [-0.2, -0.15) is 13.2 Å². The van der Waals surface area contributed by atoms with E-state index in [0.29, 0.717) is 4.13 Å². The normalized spacial score (nSPS) is 12.7. The Morgan fingerprint density at radius 3 is 2.29 bits per heavy atom. The number of nitrogens with one attached hydrogen (secondary N) is 2. The molecular formula is C12H13F3N2O5S2. The van der Waals surface area contributed by atoms with E-state index in [1.807, 2.05) is 0 Å². The number of alkyl halides is 3. The van der Waals surface area contributed by atoms with Crippen molar-refractivity contribution in [2.24, 2.45) is 0 Å². The zero-order chi connectivity index (χ0) is 18.8. The number of anilines is 1. The summed E-state index contributed by atoms with van der Waals surface area (Å²) in [5.41, 5.74) is -5.42. The van der Waals surface area contributed by atoms with Gasteiger partial charge in [0.1, 0.15) is 0 Å². The van der Waals surface area contributed by atoms with Crippen molar-refractivity contribution in [2.45, 2.75) is 18.2 Å². The number of rotatable bonds is 6. The summed E-state index contributed by atoms with van der Waals surface area (Å²) in [6.07, 6.45) is 0. The Morgan fingerprint density at radius 1 is 1.21 bits per heavy atom. The lowest BCUT2D eigenvalue weighted by molar-refractivity contribution is -0.112. The summed E-state index contributed by atoms with van der Waals surface area (Å²) in [5, 5.41) is 2.39. The molecule has 0 radical (unpaired) electrons. The highest BCUT2D eigenvalue weighted by molar-refractivity contribution is 8.04. The molecule has 0 aliphatic heterocycles. The van der Waals surface area contributed by atoms with E-state index in [1.165, 1.54) is 31.2 Å². The smallest absolute Gasteiger partial charge is 0.322 e. The second-order valence-electron chi connectivity index (χ2n) is 4.73. The summed E-state index contributed by atoms with van der Waals surface area (Å²) in [6, 6.07) is 5.18. The van der Waals surface area contributed by atoms with Crippen molar-refractivity contribution in [3.63, 3.8) is 0 Å². The van der Waals surface area contributed by atoms with E-state index in [4.69, 9.17) is 0 Å². The monoisotopic (exact) mass is 386 g/mol. The van der Waals surface area contributed by atoms with Gasteiger partial charge in [-0.1, -0.05) is 18.7 Å². The number of sulfonamides is 2. The van der Waals surface area contributed by atoms with Crippen molar-refractivity contribution in [1.29, 1.82) is 0 Å². The first-order chi connectivity index (χ1) is 10.7. The fraction of sp³-hybridized carbons (Fsp3) is 0.250. The lowest BCUT2D eigenvalue weighted by atomic mass is 10.2. The molecule has 12 heteroatoms. The van der Waals surface area contributed by atoms with E-state index in [2.05, 4.69) is 11.9 Å². The quantitative estimate of drug-likeness (QED) is 0.720. The Kier molecular flexibility index (Phi) is 5.79. The number of benzene rings is 1. The highest BCUT2D eigenvalue weighted by Gasteiger charge is 2.48. The minimum absolute atomic E-state index is 0.0283. The predicted molar refractivity (Wildman–Crippen MR) is 80.6 cm³/mol. The van der Waals surface area contributed by atoms with E-state index in [9.17, 15) is 34.8 Å². The van der Waals surface area contributed by atoms with Gasteiger partial charge in [-0.3, -0.25) is 4.79 Å². The van der Waals surface area contributed by atoms with Crippen molar-refractivity contribution in [1.82, 2.24) is 4.13 Å². The van der Waals surface area contributed by atoms with E-state index in [-0.39, 0.29) is 16.8 Å². The fourth-order valence-electron chi connectivity index (χ4n) is 1.44. The van der Waals surface area contributed by atoms with Gasteiger partial charge >= 0.3 is 15.5 Å². The van der Waals surface area contributed by atoms with Crippen molar-refractivity contribution < 1.29 is 34.8 Å². The molecule has 0 saturated carbocycles. The predicted octanol–water partition coefficient (Wildman–Crippen LogP) is 1.47. The van der Waals surface area contributed by atoms with Crippen LogP contribution in [0, 0.1) is 0 Å². The maximum atomic E-state index is 12.2. The standard InChI is InChI=1S/C12H13F3N2O5S2/c1-8(2)11(18)16-10-5-3-4-9(6-10)7-23(19,20)17-24(21,22)12(13,14)15/h3-6,17H,1,7H2,2H3,(H,16,18). The zero-order valence-corrected chi connectivity index (χ0v) is 13.8. The van der Waals surface area contributed by atoms with Crippen molar-refractivity contribution in [2.75, 3.05) is 5.32 Å². The molecule has 0 heterocycles. The Morgan fingerprint density at radius 2 is 1.79 bits per heavy atom. The van der Waals surface area contributed by atoms with Crippen LogP contribution in [-0.4, -0.2) is 28.3 Å². The van der Waals surface area contributed by atoms with E-state index < -0.39 is 37.2 Å². The molecule has 24 heavy (non-hydrogen) atoms. The minimum Gasteiger partial charge on any atom is -0.322 e. The zero-order valence-electron chi connectivity index (χ0n) is 12.2. The Bertz CT molecular complexity index is 861. The number of hydrogen-bond donors (Lipinski definition) is 2. The van der Waals surface area contributed by atoms with Gasteiger partial charge in [0.15, 0.2) is 0 Å². The molecule has 1 aromatic rings. The molecule has 0 atom stereocenters. The van der Waals surface area contributed by atoms with Gasteiger partial charge in [0.2, 0.25) is 10.0 Å². The van der Waals surface area contributed by atoms with Crippen molar-refractivity contribution >= 4 is 31.6 Å². The van der Waals surface area contributed by atoms with Gasteiger partial charge in [0, 0.05) is 11.3 Å². The summed E-state index contributed by atoms with van der Waals surface area (Å²) < 4.78 is 82.2. The van der Waals surface area contributed by atoms with E-state index >= 15 is 0 Å². The Balaban J connectivity index is 2.97. The maximum absolute atomic E-state index is 12.2. The first kappa shape index (κ1) is 20.1. The number of halogens is 3. The van der Waals surface area contributed by atoms with Gasteiger partial charge in [0.25, 0.3) is 5.91 Å². The van der Waals surface area contributed by atoms with Crippen molar-refractivity contribution in [3.05, 3.63) is 42.0 Å². The van der Waals surface area contributed by atoms with Gasteiger partial charge < -0.3 is 5.32 Å². The summed E-state index contributed by atoms with van der Waals surface area (Å²) in [7, 11) is -10.9. The molecule has 1 aromatic carbocycles. The van der Waals surface area contributed by atoms with Crippen LogP contribution < -0.4 is 9.44 Å². The summed E-state index contributed by atoms with van der Waals surface area (Å²) in [6.45, 7) is 4.85. The number of carbonyl (C=O) groups excluding carboxylic acids is 1. The van der Waals surface area contributed by atoms with E-state index in [0.717, 1.165) is 0 Å². The average molecular weight is 386 g/mol. The van der Waals surface area contributed by atoms with Crippen LogP contribution in [0.1, 0.15) is 12.5 Å². The molecule has 0 aliphatic carbocycles. The maximum Gasteiger partial charge on any atom is 0.512 e. The number of hydrogen-bond acceptors (Lipinski definition) is 5. The van der Waals surface area contributed by atoms with Crippen LogP contribution in [0.5, 0.6) is 0 Å². The third-order valence-corrected chi connectivity index (χ3v) is 5.69. The third-order valence-electron chi connectivity index (χ3n) is 2.47. The Hall–Kier alpha value is -1.92. The highest BCUT2D eigenvalue weighted by Crippen LogP contribution is 2.23. The first-order valence-electron chi connectivity index (χ1n) is 6.12. The van der Waals surface area contributed by atoms with Gasteiger partial charge in [-0.15, -0.1) is 4.13 Å². The summed E-state index contributed by atoms with van der Waals surface area (Å²) >= 11 is 0. The molecule has 0 aromatic heterocycles. The van der Waals surface area contributed by atoms with Crippen LogP contribution in [0.25, 0.3) is 0 Å². The van der Waals surface area contributed by atoms with Crippen LogP contribution in [0.3, 0.4) is 0 Å². The summed E-state index contributed by atoms with van der Waals surface area (Å²) in [5.74, 6) is -1.56. The molecule has 1 rings (SSSR count). The second-order valence-corrected chi connectivity index (χ2v) is 8.38. The SMILES string of the molecule is C=C(C)C(=O)Nc1cccc(CS(=O)(=O)NS(=O)(=O)C(F)(F)F)c1. The van der Waals surface area contributed by atoms with Crippen LogP contribution in [0.2, 0.25) is 0 Å². The molecule has 0 unspecified atom stereocenters. The van der Waals surface area contributed by atoms with Gasteiger partial charge in [-0.25, -0.2) is 16.8 Å². The molecule has 0 fully saturated rings. The largest absolute Gasteiger partial charge is 0.512 e. The molecular weight excluding hydrogens is 373 g/mol. The number of amides is 1. The fourth-order valence-corrected chi connectivity index (χ4v) is 4.01. The lowest BCUT2D eigenvalue weighted by Crippen LogP contribution is -2.40. The number of carbonyl (C=O) groups is 1. The highest BCUT2D eigenvalue weighted by atomic mass is 32.3. The second kappa shape index (κ2) is 6.91. The van der Waals surface area contributed by atoms with Crippen LogP contribution in [-0.2, 0) is 30.6 Å². The topological polar surface area (TPSA) is 109 Å². The van der Waals surface area contributed by atoms with Crippen LogP contribution >= 0.6 is 0 Å². The molecule has 0 saturated heterocycles.